The van der Waals surface area contributed by atoms with Gasteiger partial charge in [0.05, 0.1) is 12.3 Å². The Morgan fingerprint density at radius 1 is 1.15 bits per heavy atom. The van der Waals surface area contributed by atoms with Crippen LogP contribution in [-0.2, 0) is 20.6 Å². The average molecular weight is 407 g/mol. The molecule has 2 N–H and O–H groups in total. The SMILES string of the molecule is CC(=O)Nc1cccc(OCC#CCNS(=O)(=O)Cc2ccc(Cl)cc2)c1. The molecule has 0 aromatic heterocycles. The molecule has 0 unspecified atom stereocenters. The highest BCUT2D eigenvalue weighted by atomic mass is 35.5. The van der Waals surface area contributed by atoms with Crippen LogP contribution in [0.2, 0.25) is 5.02 Å². The lowest BCUT2D eigenvalue weighted by molar-refractivity contribution is -0.114. The van der Waals surface area contributed by atoms with Crippen LogP contribution >= 0.6 is 11.6 Å². The molecule has 0 aliphatic carbocycles. The third kappa shape index (κ3) is 8.13. The smallest absolute Gasteiger partial charge is 0.221 e. The number of ether oxygens (including phenoxy) is 1. The van der Waals surface area contributed by atoms with Gasteiger partial charge in [-0.25, -0.2) is 13.1 Å². The van der Waals surface area contributed by atoms with E-state index in [9.17, 15) is 13.2 Å². The molecule has 2 rings (SSSR count). The average Bonchev–Trinajstić information content (AvgIpc) is 2.59. The molecular formula is C19H19ClN2O4S. The molecular weight excluding hydrogens is 388 g/mol. The van der Waals surface area contributed by atoms with E-state index in [2.05, 4.69) is 21.9 Å². The number of amides is 1. The van der Waals surface area contributed by atoms with Gasteiger partial charge in [0.25, 0.3) is 0 Å². The molecule has 0 saturated heterocycles. The summed E-state index contributed by atoms with van der Waals surface area (Å²) >= 11 is 5.78. The van der Waals surface area contributed by atoms with Crippen molar-refractivity contribution in [3.05, 3.63) is 59.1 Å². The summed E-state index contributed by atoms with van der Waals surface area (Å²) in [5, 5.41) is 3.21. The highest BCUT2D eigenvalue weighted by Crippen LogP contribution is 2.17. The lowest BCUT2D eigenvalue weighted by Gasteiger charge is -2.06. The van der Waals surface area contributed by atoms with Crippen LogP contribution < -0.4 is 14.8 Å². The summed E-state index contributed by atoms with van der Waals surface area (Å²) in [7, 11) is -3.48. The van der Waals surface area contributed by atoms with Crippen LogP contribution in [0.5, 0.6) is 5.75 Å². The van der Waals surface area contributed by atoms with Gasteiger partial charge in [-0.05, 0) is 29.8 Å². The lowest BCUT2D eigenvalue weighted by Crippen LogP contribution is -2.25. The zero-order valence-corrected chi connectivity index (χ0v) is 16.2. The quantitative estimate of drug-likeness (QED) is 0.692. The first-order valence-corrected chi connectivity index (χ1v) is 10.0. The summed E-state index contributed by atoms with van der Waals surface area (Å²) in [6.07, 6.45) is 0. The molecule has 0 atom stereocenters. The maximum absolute atomic E-state index is 12.0. The van der Waals surface area contributed by atoms with Crippen LogP contribution in [0.15, 0.2) is 48.5 Å². The van der Waals surface area contributed by atoms with E-state index in [1.807, 2.05) is 0 Å². The summed E-state index contributed by atoms with van der Waals surface area (Å²) < 4.78 is 31.8. The van der Waals surface area contributed by atoms with Crippen LogP contribution in [-0.4, -0.2) is 27.5 Å². The van der Waals surface area contributed by atoms with E-state index in [0.29, 0.717) is 22.0 Å². The molecule has 27 heavy (non-hydrogen) atoms. The zero-order chi connectivity index (χ0) is 19.7. The maximum atomic E-state index is 12.0. The van der Waals surface area contributed by atoms with Crippen LogP contribution in [0.1, 0.15) is 12.5 Å². The maximum Gasteiger partial charge on any atom is 0.221 e. The van der Waals surface area contributed by atoms with Crippen LogP contribution in [0, 0.1) is 11.8 Å². The minimum absolute atomic E-state index is 0.00872. The Balaban J connectivity index is 1.77. The molecule has 0 bridgehead atoms. The van der Waals surface area contributed by atoms with Crippen LogP contribution in [0.4, 0.5) is 5.69 Å². The molecule has 0 saturated carbocycles. The summed E-state index contributed by atoms with van der Waals surface area (Å²) in [6.45, 7) is 1.51. The molecule has 1 amide bonds. The molecule has 0 radical (unpaired) electrons. The van der Waals surface area contributed by atoms with Gasteiger partial charge in [0.2, 0.25) is 15.9 Å². The number of nitrogens with one attached hydrogen (secondary N) is 2. The van der Waals surface area contributed by atoms with Crippen molar-refractivity contribution < 1.29 is 17.9 Å². The summed E-state index contributed by atoms with van der Waals surface area (Å²) in [5.74, 6) is 5.68. The van der Waals surface area contributed by atoms with Crippen molar-refractivity contribution in [1.29, 1.82) is 0 Å². The number of rotatable bonds is 7. The molecule has 0 aliphatic rings. The predicted octanol–water partition coefficient (Wildman–Crippen LogP) is 2.80. The Bertz CT molecular complexity index is 948. The molecule has 2 aromatic carbocycles. The first kappa shape index (κ1) is 20.8. The van der Waals surface area contributed by atoms with Crippen LogP contribution in [0.3, 0.4) is 0 Å². The number of anilines is 1. The van der Waals surface area contributed by atoms with E-state index in [4.69, 9.17) is 16.3 Å². The van der Waals surface area contributed by atoms with E-state index in [0.717, 1.165) is 0 Å². The van der Waals surface area contributed by atoms with Gasteiger partial charge in [-0.1, -0.05) is 41.6 Å². The second-order valence-corrected chi connectivity index (χ2v) is 7.80. The molecule has 0 aliphatic heterocycles. The fraction of sp³-hybridized carbons (Fsp3) is 0.211. The first-order chi connectivity index (χ1) is 12.8. The molecule has 142 valence electrons. The van der Waals surface area contributed by atoms with Gasteiger partial charge in [0, 0.05) is 23.7 Å². The van der Waals surface area contributed by atoms with Crippen molar-refractivity contribution in [2.75, 3.05) is 18.5 Å². The predicted molar refractivity (Wildman–Crippen MR) is 106 cm³/mol. The van der Waals surface area contributed by atoms with Crippen molar-refractivity contribution in [3.63, 3.8) is 0 Å². The third-order valence-electron chi connectivity index (χ3n) is 3.24. The van der Waals surface area contributed by atoms with E-state index in [-0.39, 0.29) is 24.8 Å². The Morgan fingerprint density at radius 3 is 2.59 bits per heavy atom. The normalized spacial score (nSPS) is 10.6. The minimum atomic E-state index is -3.48. The fourth-order valence-corrected chi connectivity index (χ4v) is 3.25. The third-order valence-corrected chi connectivity index (χ3v) is 4.79. The van der Waals surface area contributed by atoms with Crippen molar-refractivity contribution in [2.24, 2.45) is 0 Å². The topological polar surface area (TPSA) is 84.5 Å². The Kier molecular flexibility index (Phi) is 7.67. The van der Waals surface area contributed by atoms with Gasteiger partial charge in [-0.3, -0.25) is 4.79 Å². The summed E-state index contributed by atoms with van der Waals surface area (Å²) in [6, 6.07) is 13.5. The van der Waals surface area contributed by atoms with Gasteiger partial charge < -0.3 is 10.1 Å². The number of sulfonamides is 1. The number of benzene rings is 2. The standard InChI is InChI=1S/C19H19ClN2O4S/c1-15(23)22-18-5-4-6-19(13-18)26-12-3-2-11-21-27(24,25)14-16-7-9-17(20)10-8-16/h4-10,13,21H,11-12,14H2,1H3,(H,22,23). The first-order valence-electron chi connectivity index (χ1n) is 8.02. The second-order valence-electron chi connectivity index (χ2n) is 5.56. The van der Waals surface area contributed by atoms with Gasteiger partial charge in [-0.2, -0.15) is 0 Å². The van der Waals surface area contributed by atoms with Crippen LogP contribution in [0.25, 0.3) is 0 Å². The van der Waals surface area contributed by atoms with E-state index >= 15 is 0 Å². The van der Waals surface area contributed by atoms with Gasteiger partial charge in [-0.15, -0.1) is 0 Å². The Labute approximate surface area is 163 Å². The van der Waals surface area contributed by atoms with E-state index in [1.165, 1.54) is 6.92 Å². The molecule has 0 heterocycles. The molecule has 8 heteroatoms. The summed E-state index contributed by atoms with van der Waals surface area (Å²) in [4.78, 5) is 11.0. The minimum Gasteiger partial charge on any atom is -0.481 e. The van der Waals surface area contributed by atoms with Crippen molar-refractivity contribution in [2.45, 2.75) is 12.7 Å². The zero-order valence-electron chi connectivity index (χ0n) is 14.7. The summed E-state index contributed by atoms with van der Waals surface area (Å²) in [5.41, 5.74) is 1.27. The van der Waals surface area contributed by atoms with Gasteiger partial charge in [0.1, 0.15) is 12.4 Å². The lowest BCUT2D eigenvalue weighted by atomic mass is 10.2. The van der Waals surface area contributed by atoms with Crippen molar-refractivity contribution >= 4 is 33.2 Å². The van der Waals surface area contributed by atoms with Gasteiger partial charge in [0.15, 0.2) is 0 Å². The number of carbonyl (C=O) groups is 1. The fourth-order valence-electron chi connectivity index (χ4n) is 2.10. The Hall–Kier alpha value is -2.53. The molecule has 0 fully saturated rings. The van der Waals surface area contributed by atoms with E-state index in [1.54, 1.807) is 48.5 Å². The van der Waals surface area contributed by atoms with Gasteiger partial charge >= 0.3 is 0 Å². The highest BCUT2D eigenvalue weighted by Gasteiger charge is 2.09. The van der Waals surface area contributed by atoms with Crippen molar-refractivity contribution in [1.82, 2.24) is 4.72 Å². The van der Waals surface area contributed by atoms with E-state index < -0.39 is 10.0 Å². The second kappa shape index (κ2) is 9.97. The molecule has 2 aromatic rings. The highest BCUT2D eigenvalue weighted by molar-refractivity contribution is 7.88. The number of carbonyl (C=O) groups excluding carboxylic acids is 1. The number of halogens is 1. The number of hydrogen-bond acceptors (Lipinski definition) is 4. The Morgan fingerprint density at radius 2 is 1.89 bits per heavy atom. The number of hydrogen-bond donors (Lipinski definition) is 2. The molecule has 6 nitrogen and oxygen atoms in total. The van der Waals surface area contributed by atoms with Crippen molar-refractivity contribution in [3.8, 4) is 17.6 Å². The molecule has 0 spiro atoms. The monoisotopic (exact) mass is 406 g/mol. The largest absolute Gasteiger partial charge is 0.481 e.